The molecule has 1 aliphatic rings. The van der Waals surface area contributed by atoms with E-state index in [-0.39, 0.29) is 37.0 Å². The van der Waals surface area contributed by atoms with E-state index in [0.29, 0.717) is 6.54 Å². The van der Waals surface area contributed by atoms with E-state index >= 15 is 0 Å². The zero-order valence-corrected chi connectivity index (χ0v) is 16.7. The number of carbonyl (C=O) groups excluding carboxylic acids is 2. The largest absolute Gasteiger partial charge is 0.469 e. The van der Waals surface area contributed by atoms with Gasteiger partial charge in [0.2, 0.25) is 0 Å². The van der Waals surface area contributed by atoms with E-state index in [9.17, 15) is 9.59 Å². The molecule has 0 radical (unpaired) electrons. The first-order chi connectivity index (χ1) is 14.2. The molecule has 0 fully saturated rings. The summed E-state index contributed by atoms with van der Waals surface area (Å²) in [5, 5.41) is 0. The number of amides is 1. The Morgan fingerprint density at radius 2 is 1.66 bits per heavy atom. The summed E-state index contributed by atoms with van der Waals surface area (Å²) in [7, 11) is 1.39. The van der Waals surface area contributed by atoms with Crippen LogP contribution in [0, 0.1) is 5.92 Å². The number of methoxy groups -OCH3 is 1. The second-order valence-electron chi connectivity index (χ2n) is 7.17. The second-order valence-corrected chi connectivity index (χ2v) is 7.17. The minimum Gasteiger partial charge on any atom is -0.469 e. The van der Waals surface area contributed by atoms with Gasteiger partial charge in [0.25, 0.3) is 0 Å². The summed E-state index contributed by atoms with van der Waals surface area (Å²) in [5.74, 6) is -0.368. The summed E-state index contributed by atoms with van der Waals surface area (Å²) >= 11 is 0. The number of allylic oxidation sites excluding steroid dienone is 1. The number of nitrogens with zero attached hydrogens (tertiary/aromatic N) is 1. The van der Waals surface area contributed by atoms with Crippen molar-refractivity contribution in [3.05, 3.63) is 83.9 Å². The van der Waals surface area contributed by atoms with Crippen LogP contribution >= 0.6 is 0 Å². The molecule has 0 saturated carbocycles. The molecule has 0 N–H and O–H groups in total. The number of esters is 1. The fraction of sp³-hybridized carbons (Fsp3) is 0.333. The highest BCUT2D eigenvalue weighted by Crippen LogP contribution is 2.28. The van der Waals surface area contributed by atoms with Crippen molar-refractivity contribution in [2.24, 2.45) is 5.92 Å². The van der Waals surface area contributed by atoms with E-state index in [4.69, 9.17) is 9.47 Å². The first-order valence-corrected chi connectivity index (χ1v) is 9.92. The monoisotopic (exact) mass is 393 g/mol. The van der Waals surface area contributed by atoms with Crippen LogP contribution in [0.15, 0.2) is 72.8 Å². The van der Waals surface area contributed by atoms with Crippen molar-refractivity contribution >= 4 is 12.1 Å². The van der Waals surface area contributed by atoms with Crippen LogP contribution < -0.4 is 0 Å². The smallest absolute Gasteiger partial charge is 0.410 e. The van der Waals surface area contributed by atoms with Crippen molar-refractivity contribution in [2.75, 3.05) is 7.11 Å². The lowest BCUT2D eigenvalue weighted by molar-refractivity contribution is -0.141. The Hall–Kier alpha value is -3.08. The SMILES string of the molecule is COC(=O)C[C@@H]1C=CCC[C@@H]1N(Cc1ccccc1)C(=O)OCc1ccccc1. The molecule has 152 valence electrons. The molecule has 0 aliphatic heterocycles. The Bertz CT molecular complexity index is 819. The molecule has 29 heavy (non-hydrogen) atoms. The molecule has 0 spiro atoms. The normalized spacial score (nSPS) is 18.1. The number of carbonyl (C=O) groups is 2. The number of rotatable bonds is 7. The summed E-state index contributed by atoms with van der Waals surface area (Å²) in [5.41, 5.74) is 1.96. The Balaban J connectivity index is 1.78. The fourth-order valence-electron chi connectivity index (χ4n) is 3.65. The van der Waals surface area contributed by atoms with E-state index in [2.05, 4.69) is 6.08 Å². The van der Waals surface area contributed by atoms with Gasteiger partial charge in [-0.15, -0.1) is 0 Å². The molecule has 1 aliphatic carbocycles. The zero-order valence-electron chi connectivity index (χ0n) is 16.7. The van der Waals surface area contributed by atoms with Gasteiger partial charge < -0.3 is 14.4 Å². The topological polar surface area (TPSA) is 55.8 Å². The van der Waals surface area contributed by atoms with Gasteiger partial charge >= 0.3 is 12.1 Å². The van der Waals surface area contributed by atoms with Crippen LogP contribution in [0.5, 0.6) is 0 Å². The predicted octanol–water partition coefficient (Wildman–Crippen LogP) is 4.72. The maximum Gasteiger partial charge on any atom is 0.410 e. The van der Waals surface area contributed by atoms with Crippen LogP contribution in [0.2, 0.25) is 0 Å². The summed E-state index contributed by atoms with van der Waals surface area (Å²) < 4.78 is 10.5. The fourth-order valence-corrected chi connectivity index (χ4v) is 3.65. The third-order valence-corrected chi connectivity index (χ3v) is 5.17. The van der Waals surface area contributed by atoms with Crippen LogP contribution in [0.25, 0.3) is 0 Å². The Labute approximate surface area is 171 Å². The summed E-state index contributed by atoms with van der Waals surface area (Å²) in [6.45, 7) is 0.653. The molecule has 3 rings (SSSR count). The van der Waals surface area contributed by atoms with Gasteiger partial charge in [0.1, 0.15) is 6.61 Å². The summed E-state index contributed by atoms with van der Waals surface area (Å²) in [6, 6.07) is 19.3. The zero-order chi connectivity index (χ0) is 20.5. The quantitative estimate of drug-likeness (QED) is 0.504. The van der Waals surface area contributed by atoms with Crippen LogP contribution in [0.3, 0.4) is 0 Å². The minimum absolute atomic E-state index is 0.0933. The van der Waals surface area contributed by atoms with E-state index in [1.807, 2.05) is 66.7 Å². The van der Waals surface area contributed by atoms with Crippen molar-refractivity contribution in [3.8, 4) is 0 Å². The minimum atomic E-state index is -0.368. The lowest BCUT2D eigenvalue weighted by Gasteiger charge is -2.37. The standard InChI is InChI=1S/C24H27NO4/c1-28-23(26)16-21-14-8-9-15-22(21)25(17-19-10-4-2-5-11-19)24(27)29-18-20-12-6-3-7-13-20/h2-8,10-14,21-22H,9,15-18H2,1H3/t21-,22-/m0/s1. The lowest BCUT2D eigenvalue weighted by Crippen LogP contribution is -2.45. The van der Waals surface area contributed by atoms with Crippen LogP contribution in [-0.2, 0) is 27.4 Å². The summed E-state index contributed by atoms with van der Waals surface area (Å²) in [4.78, 5) is 26.7. The van der Waals surface area contributed by atoms with Gasteiger partial charge in [-0.3, -0.25) is 4.79 Å². The van der Waals surface area contributed by atoms with Crippen LogP contribution in [0.1, 0.15) is 30.4 Å². The first-order valence-electron chi connectivity index (χ1n) is 9.92. The predicted molar refractivity (Wildman–Crippen MR) is 111 cm³/mol. The average Bonchev–Trinajstić information content (AvgIpc) is 2.77. The molecular formula is C24H27NO4. The maximum absolute atomic E-state index is 13.1. The van der Waals surface area contributed by atoms with Gasteiger partial charge in [0.15, 0.2) is 0 Å². The Morgan fingerprint density at radius 3 is 2.31 bits per heavy atom. The highest BCUT2D eigenvalue weighted by atomic mass is 16.6. The van der Waals surface area contributed by atoms with Crippen molar-refractivity contribution < 1.29 is 19.1 Å². The molecule has 2 aromatic carbocycles. The van der Waals surface area contributed by atoms with E-state index in [0.717, 1.165) is 24.0 Å². The molecule has 0 saturated heterocycles. The molecule has 1 amide bonds. The van der Waals surface area contributed by atoms with Crippen LogP contribution in [-0.4, -0.2) is 30.1 Å². The molecule has 0 heterocycles. The molecular weight excluding hydrogens is 366 g/mol. The third-order valence-electron chi connectivity index (χ3n) is 5.17. The number of hydrogen-bond donors (Lipinski definition) is 0. The van der Waals surface area contributed by atoms with Gasteiger partial charge in [0.05, 0.1) is 13.5 Å². The van der Waals surface area contributed by atoms with Crippen molar-refractivity contribution in [2.45, 2.75) is 38.5 Å². The maximum atomic E-state index is 13.1. The number of benzene rings is 2. The van der Waals surface area contributed by atoms with Crippen molar-refractivity contribution in [1.29, 1.82) is 0 Å². The first kappa shape index (κ1) is 20.6. The molecule has 0 bridgehead atoms. The lowest BCUT2D eigenvalue weighted by atomic mass is 9.86. The Morgan fingerprint density at radius 1 is 1.00 bits per heavy atom. The van der Waals surface area contributed by atoms with Gasteiger partial charge in [0, 0.05) is 18.5 Å². The highest BCUT2D eigenvalue weighted by molar-refractivity contribution is 5.71. The number of ether oxygens (including phenoxy) is 2. The van der Waals surface area contributed by atoms with Crippen LogP contribution in [0.4, 0.5) is 4.79 Å². The molecule has 0 unspecified atom stereocenters. The molecule has 2 atom stereocenters. The third kappa shape index (κ3) is 5.95. The molecule has 5 nitrogen and oxygen atoms in total. The molecule has 5 heteroatoms. The average molecular weight is 393 g/mol. The van der Waals surface area contributed by atoms with Gasteiger partial charge in [-0.1, -0.05) is 72.8 Å². The number of hydrogen-bond acceptors (Lipinski definition) is 4. The summed E-state index contributed by atoms with van der Waals surface area (Å²) in [6.07, 6.45) is 5.61. The van der Waals surface area contributed by atoms with Gasteiger partial charge in [-0.25, -0.2) is 4.79 Å². The van der Waals surface area contributed by atoms with Gasteiger partial charge in [-0.2, -0.15) is 0 Å². The van der Waals surface area contributed by atoms with E-state index in [1.54, 1.807) is 4.90 Å². The van der Waals surface area contributed by atoms with Crippen molar-refractivity contribution in [1.82, 2.24) is 4.90 Å². The second kappa shape index (κ2) is 10.5. The molecule has 0 aromatic heterocycles. The Kier molecular flexibility index (Phi) is 7.45. The van der Waals surface area contributed by atoms with E-state index < -0.39 is 0 Å². The van der Waals surface area contributed by atoms with Crippen molar-refractivity contribution in [3.63, 3.8) is 0 Å². The molecule has 2 aromatic rings. The van der Waals surface area contributed by atoms with Gasteiger partial charge in [-0.05, 0) is 24.0 Å². The highest BCUT2D eigenvalue weighted by Gasteiger charge is 2.33. The van der Waals surface area contributed by atoms with E-state index in [1.165, 1.54) is 7.11 Å².